The molecule has 1 unspecified atom stereocenters. The molecule has 39 heavy (non-hydrogen) atoms. The van der Waals surface area contributed by atoms with Crippen molar-refractivity contribution in [2.24, 2.45) is 4.99 Å². The van der Waals surface area contributed by atoms with E-state index in [1.165, 1.54) is 10.6 Å². The third-order valence-corrected chi connectivity index (χ3v) is 10.0. The number of ether oxygens (including phenoxy) is 1. The average molecular weight is 526 g/mol. The highest BCUT2D eigenvalue weighted by Crippen LogP contribution is 2.43. The van der Waals surface area contributed by atoms with Crippen molar-refractivity contribution < 1.29 is 4.74 Å². The summed E-state index contributed by atoms with van der Waals surface area (Å²) >= 11 is 0. The highest BCUT2D eigenvalue weighted by atomic mass is 31.1. The molecule has 5 aromatic rings. The molecule has 0 bridgehead atoms. The first-order chi connectivity index (χ1) is 19.4. The first-order valence-electron chi connectivity index (χ1n) is 13.6. The van der Waals surface area contributed by atoms with E-state index in [9.17, 15) is 0 Å². The van der Waals surface area contributed by atoms with Gasteiger partial charge in [0.2, 0.25) is 5.90 Å². The van der Waals surface area contributed by atoms with Gasteiger partial charge >= 0.3 is 0 Å². The SMILES string of the molecule is c1ccc(P(CCC2COC(C(c3ccccc3)(c3ccccc3)c3ccccc3)=N2)c2ccccc2)cc1. The third-order valence-electron chi connectivity index (χ3n) is 7.48. The van der Waals surface area contributed by atoms with E-state index in [4.69, 9.17) is 9.73 Å². The number of aliphatic imine (C=N–C) groups is 1. The van der Waals surface area contributed by atoms with Gasteiger partial charge in [-0.2, -0.15) is 0 Å². The molecule has 0 aromatic heterocycles. The fourth-order valence-corrected chi connectivity index (χ4v) is 8.04. The summed E-state index contributed by atoms with van der Waals surface area (Å²) in [5.41, 5.74) is 2.88. The van der Waals surface area contributed by atoms with Crippen LogP contribution in [0.1, 0.15) is 23.1 Å². The Morgan fingerprint density at radius 1 is 0.564 bits per heavy atom. The largest absolute Gasteiger partial charge is 0.478 e. The normalized spacial score (nSPS) is 15.1. The highest BCUT2D eigenvalue weighted by molar-refractivity contribution is 7.73. The smallest absolute Gasteiger partial charge is 0.203 e. The molecule has 0 amide bonds. The molecule has 5 aromatic carbocycles. The van der Waals surface area contributed by atoms with Crippen LogP contribution in [0.3, 0.4) is 0 Å². The Bertz CT molecular complexity index is 1350. The third kappa shape index (κ3) is 5.18. The predicted molar refractivity (Wildman–Crippen MR) is 165 cm³/mol. The second-order valence-corrected chi connectivity index (χ2v) is 12.2. The van der Waals surface area contributed by atoms with Crippen molar-refractivity contribution in [2.75, 3.05) is 12.8 Å². The second kappa shape index (κ2) is 11.8. The molecule has 6 rings (SSSR count). The van der Waals surface area contributed by atoms with Crippen LogP contribution < -0.4 is 10.6 Å². The zero-order valence-electron chi connectivity index (χ0n) is 21.9. The summed E-state index contributed by atoms with van der Waals surface area (Å²) in [6, 6.07) is 54.0. The van der Waals surface area contributed by atoms with Gasteiger partial charge in [0.15, 0.2) is 0 Å². The number of rotatable bonds is 9. The van der Waals surface area contributed by atoms with Gasteiger partial charge in [-0.05, 0) is 47.8 Å². The Hall–Kier alpha value is -4.00. The van der Waals surface area contributed by atoms with Gasteiger partial charge in [-0.1, -0.05) is 152 Å². The highest BCUT2D eigenvalue weighted by Gasteiger charge is 2.45. The molecule has 0 aliphatic carbocycles. The molecule has 1 aliphatic heterocycles. The fraction of sp³-hybridized carbons (Fsp3) is 0.139. The van der Waals surface area contributed by atoms with Crippen molar-refractivity contribution in [3.05, 3.63) is 168 Å². The molecule has 2 nitrogen and oxygen atoms in total. The topological polar surface area (TPSA) is 21.6 Å². The Kier molecular flexibility index (Phi) is 7.66. The minimum atomic E-state index is -0.609. The zero-order chi connectivity index (χ0) is 26.3. The zero-order valence-corrected chi connectivity index (χ0v) is 22.8. The molecule has 192 valence electrons. The molecule has 0 saturated heterocycles. The van der Waals surface area contributed by atoms with E-state index in [1.54, 1.807) is 0 Å². The molecular weight excluding hydrogens is 493 g/mol. The van der Waals surface area contributed by atoms with Gasteiger partial charge in [-0.25, -0.2) is 4.99 Å². The van der Waals surface area contributed by atoms with Gasteiger partial charge in [-0.15, -0.1) is 0 Å². The molecule has 0 fully saturated rings. The number of nitrogens with zero attached hydrogens (tertiary/aromatic N) is 1. The fourth-order valence-electron chi connectivity index (χ4n) is 5.60. The van der Waals surface area contributed by atoms with E-state index in [-0.39, 0.29) is 6.04 Å². The Balaban J connectivity index is 1.38. The van der Waals surface area contributed by atoms with Crippen molar-refractivity contribution in [3.8, 4) is 0 Å². The average Bonchev–Trinajstić information content (AvgIpc) is 3.49. The number of hydrogen-bond donors (Lipinski definition) is 0. The summed E-state index contributed by atoms with van der Waals surface area (Å²) in [4.78, 5) is 5.35. The van der Waals surface area contributed by atoms with E-state index >= 15 is 0 Å². The molecular formula is C36H32NOP. The van der Waals surface area contributed by atoms with E-state index in [0.717, 1.165) is 35.2 Å². The van der Waals surface area contributed by atoms with Crippen LogP contribution in [-0.4, -0.2) is 24.7 Å². The summed E-state index contributed by atoms with van der Waals surface area (Å²) in [7, 11) is -0.466. The van der Waals surface area contributed by atoms with Crippen LogP contribution in [0.4, 0.5) is 0 Å². The molecule has 1 aliphatic rings. The van der Waals surface area contributed by atoms with Crippen LogP contribution in [0, 0.1) is 0 Å². The van der Waals surface area contributed by atoms with Crippen LogP contribution in [0.5, 0.6) is 0 Å². The molecule has 1 heterocycles. The van der Waals surface area contributed by atoms with Gasteiger partial charge in [0.25, 0.3) is 0 Å². The van der Waals surface area contributed by atoms with Crippen LogP contribution in [0.15, 0.2) is 157 Å². The monoisotopic (exact) mass is 525 g/mol. The van der Waals surface area contributed by atoms with E-state index in [2.05, 4.69) is 152 Å². The molecule has 3 heteroatoms. The lowest BCUT2D eigenvalue weighted by Crippen LogP contribution is -2.38. The minimum absolute atomic E-state index is 0.118. The second-order valence-electron chi connectivity index (χ2n) is 9.86. The van der Waals surface area contributed by atoms with Crippen LogP contribution in [0.2, 0.25) is 0 Å². The van der Waals surface area contributed by atoms with Crippen LogP contribution in [0.25, 0.3) is 0 Å². The molecule has 1 atom stereocenters. The lowest BCUT2D eigenvalue weighted by molar-refractivity contribution is 0.299. The Morgan fingerprint density at radius 3 is 1.36 bits per heavy atom. The van der Waals surface area contributed by atoms with Crippen molar-refractivity contribution in [1.82, 2.24) is 0 Å². The minimum Gasteiger partial charge on any atom is -0.478 e. The standard InChI is InChI=1S/C36H32NOP/c1-6-16-29(17-7-1)36(30-18-8-2-9-19-30,31-20-10-3-11-21-31)35-37-32(28-38-35)26-27-39(33-22-12-4-13-23-33)34-24-14-5-15-25-34/h1-25,32H,26-28H2. The van der Waals surface area contributed by atoms with Crippen molar-refractivity contribution in [2.45, 2.75) is 17.9 Å². The van der Waals surface area contributed by atoms with Gasteiger partial charge in [0, 0.05) is 0 Å². The van der Waals surface area contributed by atoms with Gasteiger partial charge in [0.05, 0.1) is 6.04 Å². The van der Waals surface area contributed by atoms with Gasteiger partial charge in [-0.3, -0.25) is 0 Å². The lowest BCUT2D eigenvalue weighted by atomic mass is 9.69. The first kappa shape index (κ1) is 25.3. The summed E-state index contributed by atoms with van der Waals surface area (Å²) in [5, 5.41) is 2.82. The maximum Gasteiger partial charge on any atom is 0.203 e. The predicted octanol–water partition coefficient (Wildman–Crippen LogP) is 7.34. The van der Waals surface area contributed by atoms with Gasteiger partial charge in [0.1, 0.15) is 12.0 Å². The van der Waals surface area contributed by atoms with Crippen LogP contribution in [-0.2, 0) is 10.2 Å². The quantitative estimate of drug-likeness (QED) is 0.146. The van der Waals surface area contributed by atoms with E-state index in [1.807, 2.05) is 0 Å². The molecule has 0 N–H and O–H groups in total. The van der Waals surface area contributed by atoms with Crippen molar-refractivity contribution >= 4 is 24.4 Å². The van der Waals surface area contributed by atoms with Crippen LogP contribution >= 0.6 is 7.92 Å². The Labute approximate surface area is 232 Å². The number of benzene rings is 5. The van der Waals surface area contributed by atoms with Gasteiger partial charge < -0.3 is 4.74 Å². The molecule has 0 saturated carbocycles. The summed E-state index contributed by atoms with van der Waals surface area (Å²) in [5.74, 6) is 0.792. The number of hydrogen-bond acceptors (Lipinski definition) is 2. The summed E-state index contributed by atoms with van der Waals surface area (Å²) < 4.78 is 6.60. The maximum atomic E-state index is 6.60. The Morgan fingerprint density at radius 2 is 0.949 bits per heavy atom. The molecule has 0 spiro atoms. The van der Waals surface area contributed by atoms with Crippen molar-refractivity contribution in [3.63, 3.8) is 0 Å². The van der Waals surface area contributed by atoms with Crippen molar-refractivity contribution in [1.29, 1.82) is 0 Å². The summed E-state index contributed by atoms with van der Waals surface area (Å²) in [6.07, 6.45) is 2.05. The molecule has 0 radical (unpaired) electrons. The van der Waals surface area contributed by atoms with E-state index in [0.29, 0.717) is 6.61 Å². The maximum absolute atomic E-state index is 6.60. The summed E-state index contributed by atoms with van der Waals surface area (Å²) in [6.45, 7) is 0.607. The van der Waals surface area contributed by atoms with E-state index < -0.39 is 13.3 Å². The lowest BCUT2D eigenvalue weighted by Gasteiger charge is -2.35. The first-order valence-corrected chi connectivity index (χ1v) is 15.1.